The van der Waals surface area contributed by atoms with E-state index in [2.05, 4.69) is 0 Å². The van der Waals surface area contributed by atoms with Crippen molar-refractivity contribution in [1.29, 1.82) is 0 Å². The largest absolute Gasteiger partial charge is 0.507 e. The molecule has 3 aromatic carbocycles. The van der Waals surface area contributed by atoms with Gasteiger partial charge in [-0.2, -0.15) is 0 Å². The number of benzene rings is 3. The Morgan fingerprint density at radius 2 is 0.575 bits per heavy atom. The molecule has 0 amide bonds. The fourth-order valence-electron chi connectivity index (χ4n) is 5.03. The Hall–Kier alpha value is -3.18. The molecule has 0 aliphatic heterocycles. The van der Waals surface area contributed by atoms with Crippen LogP contribution in [-0.2, 0) is 68.1 Å². The third-order valence-corrected chi connectivity index (χ3v) is 6.67. The summed E-state index contributed by atoms with van der Waals surface area (Å²) >= 11 is 0. The highest BCUT2D eigenvalue weighted by Crippen LogP contribution is 2.41. The quantitative estimate of drug-likeness (QED) is 0.226. The van der Waals surface area contributed by atoms with Crippen molar-refractivity contribution in [2.45, 2.75) is 45.6 Å². The number of rotatable bonds is 15. The van der Waals surface area contributed by atoms with Gasteiger partial charge in [-0.1, -0.05) is 0 Å². The third kappa shape index (κ3) is 7.11. The van der Waals surface area contributed by atoms with E-state index < -0.39 is 5.92 Å². The molecule has 0 aromatic heterocycles. The normalized spacial score (nSPS) is 11.5. The van der Waals surface area contributed by atoms with Gasteiger partial charge in [-0.15, -0.1) is 0 Å². The van der Waals surface area contributed by atoms with E-state index >= 15 is 0 Å². The number of methoxy groups -OCH3 is 6. The van der Waals surface area contributed by atoms with Gasteiger partial charge in [0.15, 0.2) is 0 Å². The molecule has 0 bridgehead atoms. The van der Waals surface area contributed by atoms with Crippen molar-refractivity contribution in [3.8, 4) is 17.2 Å². The number of phenolic OH excluding ortho intramolecular Hbond substituents is 3. The zero-order chi connectivity index (χ0) is 29.2. The monoisotopic (exact) mass is 556 g/mol. The van der Waals surface area contributed by atoms with Gasteiger partial charge in [0.25, 0.3) is 0 Å². The lowest BCUT2D eigenvalue weighted by molar-refractivity contribution is 0.174. The van der Waals surface area contributed by atoms with Crippen LogP contribution in [0, 0.1) is 0 Å². The first kappa shape index (κ1) is 31.3. The lowest BCUT2D eigenvalue weighted by Gasteiger charge is -2.25. The topological polar surface area (TPSA) is 116 Å². The van der Waals surface area contributed by atoms with E-state index in [0.717, 1.165) is 16.7 Å². The van der Waals surface area contributed by atoms with Gasteiger partial charge < -0.3 is 43.7 Å². The van der Waals surface area contributed by atoms with Crippen molar-refractivity contribution in [3.05, 3.63) is 86.5 Å². The van der Waals surface area contributed by atoms with Crippen LogP contribution in [0.2, 0.25) is 0 Å². The third-order valence-electron chi connectivity index (χ3n) is 6.67. The first-order chi connectivity index (χ1) is 19.3. The number of hydrogen-bond donors (Lipinski definition) is 3. The number of aromatic hydroxyl groups is 3. The van der Waals surface area contributed by atoms with Gasteiger partial charge in [0, 0.05) is 82.0 Å². The maximum atomic E-state index is 10.9. The Morgan fingerprint density at radius 3 is 0.725 bits per heavy atom. The Morgan fingerprint density at radius 1 is 0.400 bits per heavy atom. The van der Waals surface area contributed by atoms with E-state index in [1.807, 2.05) is 36.4 Å². The van der Waals surface area contributed by atoms with Crippen molar-refractivity contribution < 1.29 is 43.7 Å². The second kappa shape index (κ2) is 15.0. The average Bonchev–Trinajstić information content (AvgIpc) is 2.92. The summed E-state index contributed by atoms with van der Waals surface area (Å²) in [5.41, 5.74) is 6.22. The molecular formula is C31H40O9. The summed E-state index contributed by atoms with van der Waals surface area (Å²) in [7, 11) is 9.43. The SMILES string of the molecule is COCc1cc(C(c2cc(COC)c(O)c(COC)c2)c2cc(COC)c(O)c(COC)c2)cc(COC)c1O. The van der Waals surface area contributed by atoms with E-state index in [4.69, 9.17) is 28.4 Å². The summed E-state index contributed by atoms with van der Waals surface area (Å²) in [5.74, 6) is -0.0564. The van der Waals surface area contributed by atoms with E-state index in [1.165, 1.54) is 0 Å². The van der Waals surface area contributed by atoms with Crippen LogP contribution in [0.15, 0.2) is 36.4 Å². The summed E-state index contributed by atoms with van der Waals surface area (Å²) in [6.07, 6.45) is 0. The summed E-state index contributed by atoms with van der Waals surface area (Å²) < 4.78 is 32.3. The molecule has 0 fully saturated rings. The molecular weight excluding hydrogens is 516 g/mol. The zero-order valence-corrected chi connectivity index (χ0v) is 24.1. The highest BCUT2D eigenvalue weighted by molar-refractivity contribution is 5.56. The van der Waals surface area contributed by atoms with Gasteiger partial charge >= 0.3 is 0 Å². The molecule has 0 atom stereocenters. The van der Waals surface area contributed by atoms with Gasteiger partial charge in [-0.3, -0.25) is 0 Å². The van der Waals surface area contributed by atoms with Crippen LogP contribution >= 0.6 is 0 Å². The van der Waals surface area contributed by atoms with E-state index in [0.29, 0.717) is 33.4 Å². The van der Waals surface area contributed by atoms with Crippen LogP contribution in [0.25, 0.3) is 0 Å². The van der Waals surface area contributed by atoms with Crippen LogP contribution in [-0.4, -0.2) is 58.0 Å². The summed E-state index contributed by atoms with van der Waals surface area (Å²) in [4.78, 5) is 0. The summed E-state index contributed by atoms with van der Waals surface area (Å²) in [5, 5.41) is 32.8. The molecule has 218 valence electrons. The van der Waals surface area contributed by atoms with Gasteiger partial charge in [0.05, 0.1) is 39.6 Å². The molecule has 0 aliphatic carbocycles. The molecule has 3 rings (SSSR count). The molecule has 0 heterocycles. The Balaban J connectivity index is 2.41. The van der Waals surface area contributed by atoms with Crippen LogP contribution in [0.4, 0.5) is 0 Å². The predicted molar refractivity (Wildman–Crippen MR) is 150 cm³/mol. The van der Waals surface area contributed by atoms with E-state index in [-0.39, 0.29) is 56.9 Å². The minimum Gasteiger partial charge on any atom is -0.507 e. The van der Waals surface area contributed by atoms with Crippen LogP contribution < -0.4 is 0 Å². The first-order valence-electron chi connectivity index (χ1n) is 12.8. The van der Waals surface area contributed by atoms with Crippen LogP contribution in [0.1, 0.15) is 56.0 Å². The molecule has 40 heavy (non-hydrogen) atoms. The van der Waals surface area contributed by atoms with Crippen molar-refractivity contribution in [1.82, 2.24) is 0 Å². The predicted octanol–water partition coefficient (Wildman–Crippen LogP) is 4.86. The second-order valence-electron chi connectivity index (χ2n) is 9.59. The van der Waals surface area contributed by atoms with Gasteiger partial charge in [-0.05, 0) is 53.1 Å². The van der Waals surface area contributed by atoms with Crippen LogP contribution in [0.3, 0.4) is 0 Å². The fraction of sp³-hybridized carbons (Fsp3) is 0.419. The number of ether oxygens (including phenoxy) is 6. The Labute approximate surface area is 235 Å². The average molecular weight is 557 g/mol. The van der Waals surface area contributed by atoms with Gasteiger partial charge in [0.1, 0.15) is 17.2 Å². The molecule has 0 aliphatic rings. The van der Waals surface area contributed by atoms with E-state index in [9.17, 15) is 15.3 Å². The van der Waals surface area contributed by atoms with Gasteiger partial charge in [-0.25, -0.2) is 0 Å². The van der Waals surface area contributed by atoms with Crippen LogP contribution in [0.5, 0.6) is 17.2 Å². The molecule has 9 heteroatoms. The Bertz CT molecular complexity index is 1030. The van der Waals surface area contributed by atoms with E-state index in [1.54, 1.807) is 42.7 Å². The summed E-state index contributed by atoms with van der Waals surface area (Å²) in [6, 6.07) is 11.4. The Kier molecular flexibility index (Phi) is 11.8. The fourth-order valence-corrected chi connectivity index (χ4v) is 5.03. The zero-order valence-electron chi connectivity index (χ0n) is 24.1. The molecule has 0 spiro atoms. The molecule has 9 nitrogen and oxygen atoms in total. The number of phenols is 3. The standard InChI is InChI=1S/C31H40O9/c1-35-13-22-7-19(8-23(14-36-2)29(22)32)28(20-9-24(15-37-3)30(33)25(10-20)16-38-4)21-11-26(17-39-5)31(34)27(12-21)18-40-6/h7-12,28,32-34H,13-18H2,1-6H3. The minimum absolute atomic E-state index is 0.114. The highest BCUT2D eigenvalue weighted by atomic mass is 16.5. The molecule has 3 aromatic rings. The molecule has 0 saturated carbocycles. The molecule has 0 radical (unpaired) electrons. The summed E-state index contributed by atoms with van der Waals surface area (Å²) in [6.45, 7) is 1.18. The number of hydrogen-bond acceptors (Lipinski definition) is 9. The van der Waals surface area contributed by atoms with Crippen molar-refractivity contribution in [2.75, 3.05) is 42.7 Å². The van der Waals surface area contributed by atoms with Gasteiger partial charge in [0.2, 0.25) is 0 Å². The highest BCUT2D eigenvalue weighted by Gasteiger charge is 2.25. The second-order valence-corrected chi connectivity index (χ2v) is 9.59. The molecule has 3 N–H and O–H groups in total. The van der Waals surface area contributed by atoms with Crippen molar-refractivity contribution >= 4 is 0 Å². The maximum Gasteiger partial charge on any atom is 0.126 e. The lowest BCUT2D eigenvalue weighted by atomic mass is 9.81. The van der Waals surface area contributed by atoms with Crippen molar-refractivity contribution in [3.63, 3.8) is 0 Å². The molecule has 0 saturated heterocycles. The van der Waals surface area contributed by atoms with Crippen molar-refractivity contribution in [2.24, 2.45) is 0 Å². The molecule has 0 unspecified atom stereocenters. The lowest BCUT2D eigenvalue weighted by Crippen LogP contribution is -2.10. The first-order valence-corrected chi connectivity index (χ1v) is 12.8. The smallest absolute Gasteiger partial charge is 0.126 e. The maximum absolute atomic E-state index is 10.9. The minimum atomic E-state index is -0.398.